The Morgan fingerprint density at radius 3 is 2.67 bits per heavy atom. The molecule has 0 aliphatic rings. The van der Waals surface area contributed by atoms with E-state index in [-0.39, 0.29) is 41.1 Å². The normalized spacial score (nSPS) is 8.33. The van der Waals surface area contributed by atoms with E-state index in [4.69, 9.17) is 5.11 Å². The second kappa shape index (κ2) is 5.03. The summed E-state index contributed by atoms with van der Waals surface area (Å²) in [6, 6.07) is 5.45. The van der Waals surface area contributed by atoms with E-state index in [0.29, 0.717) is 0 Å². The number of hydrogen-bond acceptors (Lipinski definition) is 4. The van der Waals surface area contributed by atoms with Gasteiger partial charge < -0.3 is 19.7 Å². The molecule has 1 N–H and O–H groups in total. The Hall–Kier alpha value is -0.710. The number of hydrogen-bond donors (Lipinski definition) is 1. The summed E-state index contributed by atoms with van der Waals surface area (Å²) in [6.07, 6.45) is -1.64. The molecule has 0 saturated heterocycles. The molecule has 0 saturated carbocycles. The standard InChI is InChI=1S/C7H6O4.Na/c8-5-2-1-3-6(4-5)11-7(9)10;/h1-4,8H,(H,9,10);/q;+1/p-1. The van der Waals surface area contributed by atoms with Gasteiger partial charge in [-0.15, -0.1) is 0 Å². The van der Waals surface area contributed by atoms with Crippen LogP contribution in [0.5, 0.6) is 11.5 Å². The fraction of sp³-hybridized carbons (Fsp3) is 0. The number of carbonyl (C=O) groups excluding carboxylic acids is 1. The van der Waals surface area contributed by atoms with E-state index in [1.165, 1.54) is 24.3 Å². The fourth-order valence-corrected chi connectivity index (χ4v) is 0.643. The van der Waals surface area contributed by atoms with Gasteiger partial charge >= 0.3 is 29.6 Å². The van der Waals surface area contributed by atoms with Crippen LogP contribution in [-0.2, 0) is 0 Å². The van der Waals surface area contributed by atoms with Crippen molar-refractivity contribution in [2.45, 2.75) is 0 Å². The van der Waals surface area contributed by atoms with Crippen LogP contribution in [0.3, 0.4) is 0 Å². The maximum atomic E-state index is 9.87. The van der Waals surface area contributed by atoms with Gasteiger partial charge in [0.15, 0.2) is 0 Å². The zero-order chi connectivity index (χ0) is 8.27. The van der Waals surface area contributed by atoms with Crippen LogP contribution in [0.15, 0.2) is 24.3 Å². The Labute approximate surface area is 91.1 Å². The minimum atomic E-state index is -1.64. The van der Waals surface area contributed by atoms with Crippen LogP contribution in [0, 0.1) is 0 Å². The number of benzene rings is 1. The van der Waals surface area contributed by atoms with E-state index in [2.05, 4.69) is 4.74 Å². The Bertz CT molecular complexity index is 274. The number of rotatable bonds is 1. The summed E-state index contributed by atoms with van der Waals surface area (Å²) >= 11 is 0. The number of aromatic hydroxyl groups is 1. The van der Waals surface area contributed by atoms with Crippen molar-refractivity contribution in [3.8, 4) is 11.5 Å². The van der Waals surface area contributed by atoms with Crippen molar-refractivity contribution in [3.05, 3.63) is 24.3 Å². The average molecular weight is 176 g/mol. The average Bonchev–Trinajstić information content (AvgIpc) is 1.85. The predicted octanol–water partition coefficient (Wildman–Crippen LogP) is -2.88. The second-order valence-electron chi connectivity index (χ2n) is 1.85. The molecule has 0 aliphatic heterocycles. The van der Waals surface area contributed by atoms with Gasteiger partial charge in [0, 0.05) is 6.07 Å². The number of carbonyl (C=O) groups is 1. The maximum Gasteiger partial charge on any atom is 1.00 e. The van der Waals surface area contributed by atoms with Gasteiger partial charge in [-0.2, -0.15) is 0 Å². The van der Waals surface area contributed by atoms with Gasteiger partial charge in [-0.05, 0) is 12.1 Å². The number of ether oxygens (including phenoxy) is 1. The Kier molecular flexibility index (Phi) is 4.73. The van der Waals surface area contributed by atoms with E-state index in [1.807, 2.05) is 0 Å². The Morgan fingerprint density at radius 2 is 2.17 bits per heavy atom. The van der Waals surface area contributed by atoms with Gasteiger partial charge in [-0.25, -0.2) is 0 Å². The fourth-order valence-electron chi connectivity index (χ4n) is 0.643. The molecule has 0 heterocycles. The van der Waals surface area contributed by atoms with Crippen LogP contribution < -0.4 is 39.4 Å². The summed E-state index contributed by atoms with van der Waals surface area (Å²) in [5.74, 6) is -0.00579. The summed E-state index contributed by atoms with van der Waals surface area (Å²) in [7, 11) is 0. The van der Waals surface area contributed by atoms with Crippen LogP contribution in [0.2, 0.25) is 0 Å². The number of carboxylic acid groups (broad SMARTS) is 1. The number of phenolic OH excluding ortho intramolecular Hbond substituents is 1. The summed E-state index contributed by atoms with van der Waals surface area (Å²) < 4.78 is 4.14. The van der Waals surface area contributed by atoms with Crippen LogP contribution in [0.4, 0.5) is 4.79 Å². The molecular formula is C7H5NaO4. The molecule has 1 aromatic carbocycles. The van der Waals surface area contributed by atoms with Crippen LogP contribution in [0.25, 0.3) is 0 Å². The molecule has 0 aromatic heterocycles. The van der Waals surface area contributed by atoms with Gasteiger partial charge in [-0.1, -0.05) is 6.07 Å². The largest absolute Gasteiger partial charge is 1.00 e. The molecule has 1 rings (SSSR count). The summed E-state index contributed by atoms with van der Waals surface area (Å²) in [5, 5.41) is 18.7. The third kappa shape index (κ3) is 3.61. The Morgan fingerprint density at radius 1 is 1.50 bits per heavy atom. The molecule has 0 radical (unpaired) electrons. The molecule has 0 bridgehead atoms. The monoisotopic (exact) mass is 176 g/mol. The van der Waals surface area contributed by atoms with Crippen molar-refractivity contribution in [2.75, 3.05) is 0 Å². The molecule has 0 fully saturated rings. The van der Waals surface area contributed by atoms with E-state index in [1.54, 1.807) is 0 Å². The molecule has 58 valence electrons. The van der Waals surface area contributed by atoms with Crippen molar-refractivity contribution >= 4 is 6.16 Å². The van der Waals surface area contributed by atoms with Crippen molar-refractivity contribution in [3.63, 3.8) is 0 Å². The summed E-state index contributed by atoms with van der Waals surface area (Å²) in [6.45, 7) is 0. The van der Waals surface area contributed by atoms with Crippen LogP contribution >= 0.6 is 0 Å². The van der Waals surface area contributed by atoms with E-state index in [0.717, 1.165) is 0 Å². The van der Waals surface area contributed by atoms with E-state index < -0.39 is 6.16 Å². The summed E-state index contributed by atoms with van der Waals surface area (Å²) in [5.41, 5.74) is 0. The predicted molar refractivity (Wildman–Crippen MR) is 34.1 cm³/mol. The van der Waals surface area contributed by atoms with E-state index >= 15 is 0 Å². The van der Waals surface area contributed by atoms with E-state index in [9.17, 15) is 9.90 Å². The molecule has 1 aromatic rings. The first-order valence-corrected chi connectivity index (χ1v) is 2.86. The maximum absolute atomic E-state index is 9.87. The van der Waals surface area contributed by atoms with Gasteiger partial charge in [0.25, 0.3) is 6.16 Å². The summed E-state index contributed by atoms with van der Waals surface area (Å²) in [4.78, 5) is 9.87. The second-order valence-corrected chi connectivity index (χ2v) is 1.85. The molecule has 0 atom stereocenters. The molecule has 0 amide bonds. The molecule has 0 unspecified atom stereocenters. The number of phenols is 1. The van der Waals surface area contributed by atoms with Crippen molar-refractivity contribution in [1.82, 2.24) is 0 Å². The molecule has 12 heavy (non-hydrogen) atoms. The zero-order valence-corrected chi connectivity index (χ0v) is 8.48. The minimum Gasteiger partial charge on any atom is -0.514 e. The first-order valence-electron chi connectivity index (χ1n) is 2.86. The minimum absolute atomic E-state index is 0. The van der Waals surface area contributed by atoms with Crippen molar-refractivity contribution < 1.29 is 49.3 Å². The molecule has 0 aliphatic carbocycles. The van der Waals surface area contributed by atoms with Crippen molar-refractivity contribution in [2.24, 2.45) is 0 Å². The van der Waals surface area contributed by atoms with Crippen LogP contribution in [-0.4, -0.2) is 11.3 Å². The van der Waals surface area contributed by atoms with Crippen LogP contribution in [0.1, 0.15) is 0 Å². The first kappa shape index (κ1) is 11.3. The van der Waals surface area contributed by atoms with Gasteiger partial charge in [0.1, 0.15) is 5.75 Å². The molecular weight excluding hydrogens is 171 g/mol. The smallest absolute Gasteiger partial charge is 0.514 e. The molecule has 0 spiro atoms. The quantitative estimate of drug-likeness (QED) is 0.283. The third-order valence-electron chi connectivity index (χ3n) is 1.02. The van der Waals surface area contributed by atoms with Gasteiger partial charge in [0.05, 0.1) is 5.75 Å². The first-order chi connectivity index (χ1) is 5.18. The molecule has 5 heteroatoms. The van der Waals surface area contributed by atoms with Gasteiger partial charge in [-0.3, -0.25) is 0 Å². The van der Waals surface area contributed by atoms with Gasteiger partial charge in [0.2, 0.25) is 0 Å². The molecule has 4 nitrogen and oxygen atoms in total. The van der Waals surface area contributed by atoms with Crippen molar-refractivity contribution in [1.29, 1.82) is 0 Å². The third-order valence-corrected chi connectivity index (χ3v) is 1.02. The topological polar surface area (TPSA) is 69.6 Å². The SMILES string of the molecule is O=C([O-])Oc1cccc(O)c1.[Na+]. The zero-order valence-electron chi connectivity index (χ0n) is 6.48. The Balaban J connectivity index is 0.00000121.